The number of aromatic nitrogens is 2. The second-order valence-electron chi connectivity index (χ2n) is 5.51. The van der Waals surface area contributed by atoms with E-state index in [1.54, 1.807) is 6.92 Å². The van der Waals surface area contributed by atoms with Crippen molar-refractivity contribution in [2.24, 2.45) is 5.14 Å². The van der Waals surface area contributed by atoms with E-state index in [1.165, 1.54) is 42.4 Å². The Morgan fingerprint density at radius 1 is 1.12 bits per heavy atom. The Hall–Kier alpha value is -2.49. The van der Waals surface area contributed by atoms with Crippen LogP contribution in [-0.2, 0) is 14.8 Å². The molecular formula is C17H16N4O3S2. The quantitative estimate of drug-likeness (QED) is 0.512. The predicted octanol–water partition coefficient (Wildman–Crippen LogP) is 2.40. The maximum Gasteiger partial charge on any atom is 0.238 e. The fraction of sp³-hybridized carbons (Fsp3) is 0.118. The highest BCUT2D eigenvalue weighted by molar-refractivity contribution is 8.00. The highest BCUT2D eigenvalue weighted by atomic mass is 32.2. The van der Waals surface area contributed by atoms with Gasteiger partial charge in [-0.15, -0.1) is 0 Å². The van der Waals surface area contributed by atoms with Gasteiger partial charge in [-0.1, -0.05) is 30.0 Å². The molecule has 1 amide bonds. The van der Waals surface area contributed by atoms with E-state index in [4.69, 9.17) is 5.14 Å². The van der Waals surface area contributed by atoms with Crippen LogP contribution in [0.25, 0.3) is 10.9 Å². The van der Waals surface area contributed by atoms with Crippen molar-refractivity contribution in [1.82, 2.24) is 9.97 Å². The molecule has 0 bridgehead atoms. The Bertz CT molecular complexity index is 1050. The number of nitrogens with two attached hydrogens (primary N) is 1. The maximum atomic E-state index is 12.4. The lowest BCUT2D eigenvalue weighted by molar-refractivity contribution is -0.115. The van der Waals surface area contributed by atoms with Crippen molar-refractivity contribution in [3.63, 3.8) is 0 Å². The highest BCUT2D eigenvalue weighted by Crippen LogP contribution is 2.28. The average Bonchev–Trinajstić information content (AvgIpc) is 2.61. The third kappa shape index (κ3) is 4.18. The minimum absolute atomic E-state index is 0.00891. The lowest BCUT2D eigenvalue weighted by Gasteiger charge is -2.12. The minimum atomic E-state index is -3.76. The van der Waals surface area contributed by atoms with E-state index < -0.39 is 15.3 Å². The molecule has 3 aromatic rings. The molecule has 1 atom stereocenters. The number of fused-ring (bicyclic) bond motifs is 1. The molecule has 1 aromatic heterocycles. The van der Waals surface area contributed by atoms with Crippen LogP contribution in [0.5, 0.6) is 0 Å². The summed E-state index contributed by atoms with van der Waals surface area (Å²) in [5.74, 6) is -0.221. The summed E-state index contributed by atoms with van der Waals surface area (Å²) >= 11 is 1.33. The number of nitrogens with one attached hydrogen (secondary N) is 1. The zero-order valence-corrected chi connectivity index (χ0v) is 15.4. The first-order chi connectivity index (χ1) is 12.3. The Balaban J connectivity index is 1.72. The van der Waals surface area contributed by atoms with Crippen molar-refractivity contribution in [2.75, 3.05) is 5.32 Å². The van der Waals surface area contributed by atoms with Crippen LogP contribution < -0.4 is 10.5 Å². The van der Waals surface area contributed by atoms with E-state index in [1.807, 2.05) is 24.3 Å². The number of sulfonamides is 1. The number of primary sulfonamides is 1. The molecule has 7 nitrogen and oxygen atoms in total. The first kappa shape index (κ1) is 18.3. The van der Waals surface area contributed by atoms with Crippen LogP contribution in [0.1, 0.15) is 6.92 Å². The smallest absolute Gasteiger partial charge is 0.238 e. The lowest BCUT2D eigenvalue weighted by atomic mass is 10.2. The number of hydrogen-bond donors (Lipinski definition) is 2. The highest BCUT2D eigenvalue weighted by Gasteiger charge is 2.17. The fourth-order valence-corrected chi connectivity index (χ4v) is 3.69. The molecule has 134 valence electrons. The number of anilines is 1. The molecule has 0 spiro atoms. The first-order valence-electron chi connectivity index (χ1n) is 7.65. The van der Waals surface area contributed by atoms with Gasteiger partial charge in [-0.2, -0.15) is 0 Å². The van der Waals surface area contributed by atoms with Gasteiger partial charge < -0.3 is 5.32 Å². The van der Waals surface area contributed by atoms with E-state index in [0.29, 0.717) is 5.69 Å². The number of nitrogens with zero attached hydrogens (tertiary/aromatic N) is 2. The molecule has 0 radical (unpaired) electrons. The summed E-state index contributed by atoms with van der Waals surface area (Å²) in [7, 11) is -3.76. The zero-order chi connectivity index (χ0) is 18.7. The lowest BCUT2D eigenvalue weighted by Crippen LogP contribution is -2.22. The summed E-state index contributed by atoms with van der Waals surface area (Å²) in [5.41, 5.74) is 1.30. The SMILES string of the molecule is C[C@@H](Sc1ncnc2ccccc12)C(=O)Nc1ccc(S(N)(=O)=O)cc1. The van der Waals surface area contributed by atoms with Crippen LogP contribution >= 0.6 is 11.8 Å². The molecule has 0 aliphatic heterocycles. The van der Waals surface area contributed by atoms with Gasteiger partial charge in [0, 0.05) is 11.1 Å². The summed E-state index contributed by atoms with van der Waals surface area (Å²) in [6.07, 6.45) is 1.47. The van der Waals surface area contributed by atoms with Gasteiger partial charge in [0.05, 0.1) is 15.7 Å². The molecule has 0 aliphatic rings. The molecule has 0 fully saturated rings. The molecule has 0 saturated heterocycles. The van der Waals surface area contributed by atoms with Gasteiger partial charge in [-0.05, 0) is 37.3 Å². The molecule has 2 aromatic carbocycles. The summed E-state index contributed by atoms with van der Waals surface area (Å²) in [4.78, 5) is 20.9. The molecule has 0 unspecified atom stereocenters. The number of carbonyl (C=O) groups excluding carboxylic acids is 1. The van der Waals surface area contributed by atoms with Crippen LogP contribution in [0.3, 0.4) is 0 Å². The fourth-order valence-electron chi connectivity index (χ4n) is 2.27. The molecule has 3 N–H and O–H groups in total. The van der Waals surface area contributed by atoms with Gasteiger partial charge >= 0.3 is 0 Å². The molecule has 9 heteroatoms. The Morgan fingerprint density at radius 3 is 2.50 bits per heavy atom. The Labute approximate surface area is 155 Å². The molecule has 26 heavy (non-hydrogen) atoms. The third-order valence-corrected chi connectivity index (χ3v) is 5.66. The maximum absolute atomic E-state index is 12.4. The van der Waals surface area contributed by atoms with Crippen molar-refractivity contribution < 1.29 is 13.2 Å². The number of amides is 1. The van der Waals surface area contributed by atoms with Crippen molar-refractivity contribution in [1.29, 1.82) is 0 Å². The van der Waals surface area contributed by atoms with Crippen LogP contribution in [-0.4, -0.2) is 29.5 Å². The van der Waals surface area contributed by atoms with Crippen LogP contribution in [0.15, 0.2) is 64.8 Å². The number of benzene rings is 2. The van der Waals surface area contributed by atoms with Gasteiger partial charge in [0.1, 0.15) is 11.4 Å². The minimum Gasteiger partial charge on any atom is -0.325 e. The van der Waals surface area contributed by atoms with Crippen LogP contribution in [0.4, 0.5) is 5.69 Å². The van der Waals surface area contributed by atoms with Crippen molar-refractivity contribution in [3.8, 4) is 0 Å². The van der Waals surface area contributed by atoms with Gasteiger partial charge in [-0.25, -0.2) is 23.5 Å². The first-order valence-corrected chi connectivity index (χ1v) is 10.1. The normalized spacial score (nSPS) is 12.7. The average molecular weight is 388 g/mol. The van der Waals surface area contributed by atoms with Crippen LogP contribution in [0, 0.1) is 0 Å². The number of carbonyl (C=O) groups is 1. The summed E-state index contributed by atoms with van der Waals surface area (Å²) in [6, 6.07) is 13.3. The van der Waals surface area contributed by atoms with E-state index in [0.717, 1.165) is 15.9 Å². The second-order valence-corrected chi connectivity index (χ2v) is 8.41. The second kappa shape index (κ2) is 7.40. The number of thioether (sulfide) groups is 1. The van der Waals surface area contributed by atoms with Gasteiger partial charge in [-0.3, -0.25) is 4.79 Å². The van der Waals surface area contributed by atoms with Gasteiger partial charge in [0.15, 0.2) is 0 Å². The monoisotopic (exact) mass is 388 g/mol. The van der Waals surface area contributed by atoms with Gasteiger partial charge in [0.25, 0.3) is 0 Å². The standard InChI is InChI=1S/C17H16N4O3S2/c1-11(25-17-14-4-2-3-5-15(14)19-10-20-17)16(22)21-12-6-8-13(9-7-12)26(18,23)24/h2-11H,1H3,(H,21,22)(H2,18,23,24)/t11-/m1/s1. The molecule has 0 saturated carbocycles. The molecule has 0 aliphatic carbocycles. The Morgan fingerprint density at radius 2 is 1.81 bits per heavy atom. The summed E-state index contributed by atoms with van der Waals surface area (Å²) < 4.78 is 22.5. The molecule has 1 heterocycles. The van der Waals surface area contributed by atoms with Crippen LogP contribution in [0.2, 0.25) is 0 Å². The predicted molar refractivity (Wildman–Crippen MR) is 101 cm³/mol. The number of para-hydroxylation sites is 1. The summed E-state index contributed by atoms with van der Waals surface area (Å²) in [6.45, 7) is 1.77. The number of rotatable bonds is 5. The van der Waals surface area contributed by atoms with E-state index in [-0.39, 0.29) is 10.8 Å². The van der Waals surface area contributed by atoms with Gasteiger partial charge in [0.2, 0.25) is 15.9 Å². The van der Waals surface area contributed by atoms with Crippen molar-refractivity contribution >= 4 is 44.3 Å². The van der Waals surface area contributed by atoms with E-state index in [2.05, 4.69) is 15.3 Å². The van der Waals surface area contributed by atoms with Crippen molar-refractivity contribution in [2.45, 2.75) is 22.1 Å². The molecule has 3 rings (SSSR count). The zero-order valence-electron chi connectivity index (χ0n) is 13.8. The number of hydrogen-bond acceptors (Lipinski definition) is 6. The van der Waals surface area contributed by atoms with E-state index >= 15 is 0 Å². The molecular weight excluding hydrogens is 372 g/mol. The third-order valence-electron chi connectivity index (χ3n) is 3.61. The Kier molecular flexibility index (Phi) is 5.21. The summed E-state index contributed by atoms with van der Waals surface area (Å²) in [5, 5.41) is 9.01. The largest absolute Gasteiger partial charge is 0.325 e. The van der Waals surface area contributed by atoms with E-state index in [9.17, 15) is 13.2 Å². The topological polar surface area (TPSA) is 115 Å². The van der Waals surface area contributed by atoms with Crippen molar-refractivity contribution in [3.05, 3.63) is 54.9 Å².